The molecule has 0 saturated heterocycles. The Morgan fingerprint density at radius 2 is 2.09 bits per heavy atom. The zero-order chi connectivity index (χ0) is 9.07. The van der Waals surface area contributed by atoms with Crippen molar-refractivity contribution in [3.05, 3.63) is 0 Å². The normalized spacial score (nSPS) is 14.2. The van der Waals surface area contributed by atoms with Gasteiger partial charge in [0, 0.05) is 0 Å². The highest BCUT2D eigenvalue weighted by atomic mass is 31.2. The van der Waals surface area contributed by atoms with E-state index in [1.165, 1.54) is 6.92 Å². The molecule has 0 N–H and O–H groups in total. The highest BCUT2D eigenvalue weighted by Gasteiger charge is 2.12. The van der Waals surface area contributed by atoms with Gasteiger partial charge in [-0.05, 0) is 6.42 Å². The van der Waals surface area contributed by atoms with Crippen molar-refractivity contribution in [3.8, 4) is 0 Å². The van der Waals surface area contributed by atoms with Crippen LogP contribution >= 0.6 is 7.82 Å². The minimum atomic E-state index is -5.14. The quantitative estimate of drug-likeness (QED) is 0.541. The van der Waals surface area contributed by atoms with E-state index >= 15 is 0 Å². The first kappa shape index (κ1) is 10.6. The molecule has 0 aliphatic carbocycles. The van der Waals surface area contributed by atoms with Crippen molar-refractivity contribution in [2.24, 2.45) is 5.92 Å². The molecule has 0 heterocycles. The summed E-state index contributed by atoms with van der Waals surface area (Å²) in [5.41, 5.74) is 0. The third-order valence-corrected chi connectivity index (χ3v) is 1.62. The van der Waals surface area contributed by atoms with Crippen molar-refractivity contribution in [1.82, 2.24) is 0 Å². The molecule has 0 aliphatic rings. The lowest BCUT2D eigenvalue weighted by atomic mass is 10.1. The Morgan fingerprint density at radius 1 is 1.64 bits per heavy atom. The van der Waals surface area contributed by atoms with Crippen molar-refractivity contribution < 1.29 is 23.7 Å². The summed E-state index contributed by atoms with van der Waals surface area (Å²) in [5, 5.41) is 0. The molecule has 0 aliphatic heterocycles. The fourth-order valence-electron chi connectivity index (χ4n) is 0.367. The van der Waals surface area contributed by atoms with Crippen LogP contribution in [0.3, 0.4) is 0 Å². The summed E-state index contributed by atoms with van der Waals surface area (Å²) < 4.78 is 13.5. The number of phosphoric acid groups is 1. The summed E-state index contributed by atoms with van der Waals surface area (Å²) in [6, 6.07) is 0. The molecule has 0 saturated carbocycles. The molecule has 1 unspecified atom stereocenters. The van der Waals surface area contributed by atoms with Crippen molar-refractivity contribution in [3.63, 3.8) is 0 Å². The predicted octanol–water partition coefficient (Wildman–Crippen LogP) is -0.596. The summed E-state index contributed by atoms with van der Waals surface area (Å²) >= 11 is 0. The van der Waals surface area contributed by atoms with Crippen molar-refractivity contribution >= 4 is 13.8 Å². The van der Waals surface area contributed by atoms with Crippen LogP contribution in [-0.2, 0) is 13.9 Å². The van der Waals surface area contributed by atoms with E-state index in [9.17, 15) is 19.1 Å². The molecular formula is C5H9O5P-2. The van der Waals surface area contributed by atoms with Crippen LogP contribution in [0.15, 0.2) is 0 Å². The van der Waals surface area contributed by atoms with Crippen molar-refractivity contribution in [2.75, 3.05) is 0 Å². The second kappa shape index (κ2) is 3.85. The lowest BCUT2D eigenvalue weighted by Gasteiger charge is -2.28. The van der Waals surface area contributed by atoms with Crippen LogP contribution < -0.4 is 9.79 Å². The predicted molar refractivity (Wildman–Crippen MR) is 33.2 cm³/mol. The Morgan fingerprint density at radius 3 is 2.36 bits per heavy atom. The molecule has 5 nitrogen and oxygen atoms in total. The van der Waals surface area contributed by atoms with Crippen LogP contribution in [0.25, 0.3) is 0 Å². The third kappa shape index (κ3) is 4.95. The second-order valence-corrected chi connectivity index (χ2v) is 3.24. The van der Waals surface area contributed by atoms with Crippen LogP contribution in [0.1, 0.15) is 20.3 Å². The Hall–Kier alpha value is -0.380. The number of phosphoric ester groups is 1. The molecule has 0 aromatic carbocycles. The van der Waals surface area contributed by atoms with Crippen LogP contribution in [0, 0.1) is 5.92 Å². The number of carbonyl (C=O) groups is 1. The smallest absolute Gasteiger partial charge is 0.311 e. The molecule has 0 rings (SSSR count). The zero-order valence-corrected chi connectivity index (χ0v) is 7.17. The summed E-state index contributed by atoms with van der Waals surface area (Å²) in [4.78, 5) is 30.4. The average Bonchev–Trinajstić information content (AvgIpc) is 1.82. The Labute approximate surface area is 64.6 Å². The van der Waals surface area contributed by atoms with Crippen molar-refractivity contribution in [2.45, 2.75) is 20.3 Å². The fraction of sp³-hybridized carbons (Fsp3) is 0.800. The molecule has 66 valence electrons. The van der Waals surface area contributed by atoms with E-state index in [0.717, 1.165) is 0 Å². The molecule has 0 spiro atoms. The number of hydrogen-bond acceptors (Lipinski definition) is 5. The molecule has 0 radical (unpaired) electrons. The van der Waals surface area contributed by atoms with E-state index in [0.29, 0.717) is 6.42 Å². The van der Waals surface area contributed by atoms with Gasteiger partial charge < -0.3 is 18.9 Å². The lowest BCUT2D eigenvalue weighted by molar-refractivity contribution is -0.338. The molecule has 0 aromatic rings. The maximum Gasteiger partial charge on any atom is 0.311 e. The van der Waals surface area contributed by atoms with E-state index in [2.05, 4.69) is 4.52 Å². The maximum absolute atomic E-state index is 10.6. The summed E-state index contributed by atoms with van der Waals surface area (Å²) in [7, 11) is -5.14. The standard InChI is InChI=1S/C5H11O5P/c1-3-4(2)5(6)10-11(7,8)9/h4H,3H2,1-2H3,(H2,7,8,9)/p-2. The minimum absolute atomic E-state index is 0.443. The van der Waals surface area contributed by atoms with Gasteiger partial charge in [-0.3, -0.25) is 4.79 Å². The van der Waals surface area contributed by atoms with E-state index in [4.69, 9.17) is 0 Å². The van der Waals surface area contributed by atoms with Gasteiger partial charge in [0.05, 0.1) is 5.92 Å². The van der Waals surface area contributed by atoms with Gasteiger partial charge in [0.25, 0.3) is 0 Å². The number of rotatable bonds is 3. The average molecular weight is 180 g/mol. The monoisotopic (exact) mass is 180 g/mol. The van der Waals surface area contributed by atoms with E-state index in [1.807, 2.05) is 0 Å². The van der Waals surface area contributed by atoms with Crippen LogP contribution in [0.2, 0.25) is 0 Å². The Balaban J connectivity index is 3.99. The van der Waals surface area contributed by atoms with Crippen LogP contribution in [0.4, 0.5) is 0 Å². The first-order chi connectivity index (χ1) is 4.87. The molecule has 0 amide bonds. The topological polar surface area (TPSA) is 89.5 Å². The Bertz CT molecular complexity index is 183. The molecule has 0 bridgehead atoms. The highest BCUT2D eigenvalue weighted by molar-refractivity contribution is 7.43. The van der Waals surface area contributed by atoms with Gasteiger partial charge in [0.1, 0.15) is 7.82 Å². The lowest BCUT2D eigenvalue weighted by Crippen LogP contribution is -2.22. The molecule has 1 atom stereocenters. The number of hydrogen-bond donors (Lipinski definition) is 0. The summed E-state index contributed by atoms with van der Waals surface area (Å²) in [5.74, 6) is -1.54. The zero-order valence-electron chi connectivity index (χ0n) is 6.27. The van der Waals surface area contributed by atoms with Gasteiger partial charge in [-0.25, -0.2) is 0 Å². The summed E-state index contributed by atoms with van der Waals surface area (Å²) in [6.45, 7) is 3.17. The first-order valence-corrected chi connectivity index (χ1v) is 4.58. The van der Waals surface area contributed by atoms with Crippen LogP contribution in [0.5, 0.6) is 0 Å². The van der Waals surface area contributed by atoms with Gasteiger partial charge in [-0.1, -0.05) is 13.8 Å². The largest absolute Gasteiger partial charge is 0.780 e. The summed E-state index contributed by atoms with van der Waals surface area (Å²) in [6.07, 6.45) is 0.443. The van der Waals surface area contributed by atoms with E-state index in [-0.39, 0.29) is 0 Å². The SMILES string of the molecule is CCC(C)C(=O)OP(=O)([O-])[O-]. The van der Waals surface area contributed by atoms with Gasteiger partial charge in [-0.2, -0.15) is 0 Å². The number of carbonyl (C=O) groups excluding carboxylic acids is 1. The fourth-order valence-corrected chi connectivity index (χ4v) is 0.767. The third-order valence-electron chi connectivity index (χ3n) is 1.22. The van der Waals surface area contributed by atoms with Crippen molar-refractivity contribution in [1.29, 1.82) is 0 Å². The molecular weight excluding hydrogens is 171 g/mol. The van der Waals surface area contributed by atoms with Gasteiger partial charge in [-0.15, -0.1) is 0 Å². The Kier molecular flexibility index (Phi) is 3.72. The van der Waals surface area contributed by atoms with E-state index < -0.39 is 19.7 Å². The highest BCUT2D eigenvalue weighted by Crippen LogP contribution is 2.26. The van der Waals surface area contributed by atoms with Gasteiger partial charge >= 0.3 is 5.97 Å². The maximum atomic E-state index is 10.6. The van der Waals surface area contributed by atoms with Gasteiger partial charge in [0.15, 0.2) is 0 Å². The molecule has 0 fully saturated rings. The van der Waals surface area contributed by atoms with Gasteiger partial charge in [0.2, 0.25) is 0 Å². The first-order valence-electron chi connectivity index (χ1n) is 3.12. The van der Waals surface area contributed by atoms with Crippen LogP contribution in [-0.4, -0.2) is 5.97 Å². The molecule has 0 aromatic heterocycles. The second-order valence-electron chi connectivity index (χ2n) is 2.17. The molecule has 11 heavy (non-hydrogen) atoms. The minimum Gasteiger partial charge on any atom is -0.780 e. The van der Waals surface area contributed by atoms with E-state index in [1.54, 1.807) is 6.92 Å². The molecule has 6 heteroatoms.